The van der Waals surface area contributed by atoms with Gasteiger partial charge in [-0.3, -0.25) is 9.88 Å². The number of halogens is 1. The first-order chi connectivity index (χ1) is 10.1. The first kappa shape index (κ1) is 14.5. The first-order valence-electron chi connectivity index (χ1n) is 6.67. The van der Waals surface area contributed by atoms with E-state index in [1.54, 1.807) is 11.3 Å². The molecule has 0 aliphatic heterocycles. The number of benzene rings is 1. The summed E-state index contributed by atoms with van der Waals surface area (Å²) in [6.45, 7) is 1.77. The molecule has 0 saturated heterocycles. The van der Waals surface area contributed by atoms with Gasteiger partial charge in [0.05, 0.1) is 9.30 Å². The number of hydrogen-bond acceptors (Lipinski definition) is 4. The highest BCUT2D eigenvalue weighted by molar-refractivity contribution is 9.11. The summed E-state index contributed by atoms with van der Waals surface area (Å²) in [4.78, 5) is 6.78. The van der Waals surface area contributed by atoms with Crippen LogP contribution in [0.15, 0.2) is 45.7 Å². The molecule has 0 atom stereocenters. The minimum Gasteiger partial charge on any atom is -0.398 e. The van der Waals surface area contributed by atoms with Crippen LogP contribution in [0, 0.1) is 0 Å². The summed E-state index contributed by atoms with van der Waals surface area (Å²) in [5.74, 6) is 0. The van der Waals surface area contributed by atoms with Gasteiger partial charge in [0.15, 0.2) is 0 Å². The zero-order chi connectivity index (χ0) is 14.8. The Morgan fingerprint density at radius 1 is 1.29 bits per heavy atom. The van der Waals surface area contributed by atoms with Crippen LogP contribution in [0.3, 0.4) is 0 Å². The van der Waals surface area contributed by atoms with Crippen molar-refractivity contribution in [3.05, 3.63) is 56.8 Å². The Labute approximate surface area is 136 Å². The summed E-state index contributed by atoms with van der Waals surface area (Å²) in [6, 6.07) is 10.2. The molecular formula is C16H16BrN3S. The highest BCUT2D eigenvalue weighted by Crippen LogP contribution is 2.25. The van der Waals surface area contributed by atoms with Gasteiger partial charge in [-0.1, -0.05) is 6.07 Å². The fourth-order valence-corrected chi connectivity index (χ4v) is 3.67. The van der Waals surface area contributed by atoms with E-state index in [9.17, 15) is 0 Å². The van der Waals surface area contributed by atoms with E-state index < -0.39 is 0 Å². The molecule has 21 heavy (non-hydrogen) atoms. The van der Waals surface area contributed by atoms with Crippen molar-refractivity contribution >= 4 is 43.9 Å². The van der Waals surface area contributed by atoms with Crippen LogP contribution in [-0.2, 0) is 13.1 Å². The summed E-state index contributed by atoms with van der Waals surface area (Å²) >= 11 is 5.22. The van der Waals surface area contributed by atoms with Gasteiger partial charge in [0.1, 0.15) is 0 Å². The van der Waals surface area contributed by atoms with Crippen LogP contribution in [0.1, 0.15) is 11.1 Å². The van der Waals surface area contributed by atoms with E-state index in [2.05, 4.69) is 50.4 Å². The highest BCUT2D eigenvalue weighted by atomic mass is 79.9. The van der Waals surface area contributed by atoms with Gasteiger partial charge in [0, 0.05) is 30.4 Å². The van der Waals surface area contributed by atoms with Crippen molar-refractivity contribution in [2.45, 2.75) is 13.1 Å². The number of fused-ring (bicyclic) bond motifs is 1. The van der Waals surface area contributed by atoms with E-state index >= 15 is 0 Å². The quantitative estimate of drug-likeness (QED) is 0.705. The second kappa shape index (κ2) is 6.13. The third-order valence-corrected chi connectivity index (χ3v) is 4.95. The van der Waals surface area contributed by atoms with Crippen molar-refractivity contribution in [3.63, 3.8) is 0 Å². The molecule has 0 unspecified atom stereocenters. The van der Waals surface area contributed by atoms with Gasteiger partial charge < -0.3 is 5.73 Å². The Bertz CT molecular complexity index is 769. The molecular weight excluding hydrogens is 346 g/mol. The van der Waals surface area contributed by atoms with Gasteiger partial charge in [-0.05, 0) is 63.8 Å². The summed E-state index contributed by atoms with van der Waals surface area (Å²) in [6.07, 6.45) is 1.82. The van der Waals surface area contributed by atoms with Crippen molar-refractivity contribution in [1.29, 1.82) is 0 Å². The minimum absolute atomic E-state index is 0.784. The first-order valence-corrected chi connectivity index (χ1v) is 8.34. The van der Waals surface area contributed by atoms with E-state index in [0.29, 0.717) is 0 Å². The van der Waals surface area contributed by atoms with Crippen LogP contribution in [0.5, 0.6) is 0 Å². The van der Waals surface area contributed by atoms with Crippen LogP contribution < -0.4 is 5.73 Å². The van der Waals surface area contributed by atoms with E-state index in [1.807, 2.05) is 24.4 Å². The van der Waals surface area contributed by atoms with Gasteiger partial charge in [-0.25, -0.2) is 0 Å². The molecule has 3 nitrogen and oxygen atoms in total. The highest BCUT2D eigenvalue weighted by Gasteiger charge is 2.09. The van der Waals surface area contributed by atoms with Gasteiger partial charge >= 0.3 is 0 Å². The molecule has 0 aliphatic rings. The topological polar surface area (TPSA) is 42.1 Å². The van der Waals surface area contributed by atoms with E-state index in [-0.39, 0.29) is 0 Å². The molecule has 0 bridgehead atoms. The molecule has 2 aromatic heterocycles. The Morgan fingerprint density at radius 2 is 2.14 bits per heavy atom. The summed E-state index contributed by atoms with van der Waals surface area (Å²) in [5, 5.41) is 3.21. The SMILES string of the molecule is CN(Cc1csc(Br)c1)Cc1ccc(N)c2cccnc12. The van der Waals surface area contributed by atoms with Crippen molar-refractivity contribution in [3.8, 4) is 0 Å². The second-order valence-electron chi connectivity index (χ2n) is 5.14. The van der Waals surface area contributed by atoms with Gasteiger partial charge in [-0.15, -0.1) is 11.3 Å². The number of hydrogen-bond donors (Lipinski definition) is 1. The summed E-state index contributed by atoms with van der Waals surface area (Å²) < 4.78 is 1.17. The van der Waals surface area contributed by atoms with Gasteiger partial charge in [-0.2, -0.15) is 0 Å². The van der Waals surface area contributed by atoms with Crippen LogP contribution >= 0.6 is 27.3 Å². The second-order valence-corrected chi connectivity index (χ2v) is 7.44. The lowest BCUT2D eigenvalue weighted by molar-refractivity contribution is 0.320. The maximum absolute atomic E-state index is 6.02. The molecule has 2 heterocycles. The molecule has 0 spiro atoms. The predicted octanol–water partition coefficient (Wildman–Crippen LogP) is 4.27. The Kier molecular flexibility index (Phi) is 4.24. The Hall–Kier alpha value is -1.43. The third kappa shape index (κ3) is 3.26. The number of nitrogens with two attached hydrogens (primary N) is 1. The van der Waals surface area contributed by atoms with E-state index in [0.717, 1.165) is 29.7 Å². The zero-order valence-corrected chi connectivity index (χ0v) is 14.1. The third-order valence-electron chi connectivity index (χ3n) is 3.40. The molecule has 1 aromatic carbocycles. The van der Waals surface area contributed by atoms with Crippen molar-refractivity contribution in [1.82, 2.24) is 9.88 Å². The molecule has 3 rings (SSSR count). The van der Waals surface area contributed by atoms with Crippen LogP contribution in [0.2, 0.25) is 0 Å². The number of pyridine rings is 1. The van der Waals surface area contributed by atoms with Crippen LogP contribution in [-0.4, -0.2) is 16.9 Å². The van der Waals surface area contributed by atoms with Crippen molar-refractivity contribution in [2.24, 2.45) is 0 Å². The zero-order valence-electron chi connectivity index (χ0n) is 11.7. The van der Waals surface area contributed by atoms with E-state index in [4.69, 9.17) is 5.73 Å². The molecule has 2 N–H and O–H groups in total. The Morgan fingerprint density at radius 3 is 2.90 bits per heavy atom. The number of aromatic nitrogens is 1. The lowest BCUT2D eigenvalue weighted by Crippen LogP contribution is -2.17. The number of nitrogens with zero attached hydrogens (tertiary/aromatic N) is 2. The number of thiophene rings is 1. The molecule has 3 aromatic rings. The van der Waals surface area contributed by atoms with Crippen molar-refractivity contribution in [2.75, 3.05) is 12.8 Å². The fraction of sp³-hybridized carbons (Fsp3) is 0.188. The molecule has 5 heteroatoms. The summed E-state index contributed by atoms with van der Waals surface area (Å²) in [7, 11) is 2.12. The van der Waals surface area contributed by atoms with Crippen LogP contribution in [0.4, 0.5) is 5.69 Å². The average molecular weight is 362 g/mol. The molecule has 108 valence electrons. The monoisotopic (exact) mass is 361 g/mol. The molecule has 0 radical (unpaired) electrons. The molecule has 0 saturated carbocycles. The maximum atomic E-state index is 6.02. The fourth-order valence-electron chi connectivity index (χ4n) is 2.47. The van der Waals surface area contributed by atoms with Gasteiger partial charge in [0.25, 0.3) is 0 Å². The lowest BCUT2D eigenvalue weighted by Gasteiger charge is -2.17. The normalized spacial score (nSPS) is 11.4. The summed E-state index contributed by atoms with van der Waals surface area (Å²) in [5.41, 5.74) is 10.3. The number of rotatable bonds is 4. The maximum Gasteiger partial charge on any atom is 0.0767 e. The molecule has 0 amide bonds. The van der Waals surface area contributed by atoms with Crippen LogP contribution in [0.25, 0.3) is 10.9 Å². The average Bonchev–Trinajstić information content (AvgIpc) is 2.87. The van der Waals surface area contributed by atoms with Gasteiger partial charge in [0.2, 0.25) is 0 Å². The number of anilines is 1. The Balaban J connectivity index is 1.83. The van der Waals surface area contributed by atoms with Crippen molar-refractivity contribution < 1.29 is 0 Å². The molecule has 0 aliphatic carbocycles. The lowest BCUT2D eigenvalue weighted by atomic mass is 10.1. The minimum atomic E-state index is 0.784. The largest absolute Gasteiger partial charge is 0.398 e. The molecule has 0 fully saturated rings. The van der Waals surface area contributed by atoms with E-state index in [1.165, 1.54) is 14.9 Å². The number of nitrogen functional groups attached to an aromatic ring is 1. The smallest absolute Gasteiger partial charge is 0.0767 e. The predicted molar refractivity (Wildman–Crippen MR) is 93.3 cm³/mol. The standard InChI is InChI=1S/C16H16BrN3S/c1-20(8-11-7-15(17)21-10-11)9-12-4-5-14(18)13-3-2-6-19-16(12)13/h2-7,10H,8-9,18H2,1H3.